The van der Waals surface area contributed by atoms with Gasteiger partial charge in [-0.3, -0.25) is 18.2 Å². The molecule has 38 heteroatoms. The lowest BCUT2D eigenvalue weighted by Crippen LogP contribution is -2.23. The molecule has 0 amide bonds. The number of benzene rings is 6. The molecule has 0 aliphatic heterocycles. The van der Waals surface area contributed by atoms with Crippen molar-refractivity contribution < 1.29 is 67.2 Å². The van der Waals surface area contributed by atoms with Gasteiger partial charge in [0.1, 0.15) is 42.3 Å². The van der Waals surface area contributed by atoms with Crippen molar-refractivity contribution in [1.29, 1.82) is 0 Å². The highest BCUT2D eigenvalue weighted by atomic mass is 35.5. The molecule has 0 saturated carbocycles. The number of nitrogens with two attached hydrogens (primary N) is 1. The Bertz CT molecular complexity index is 4110. The highest BCUT2D eigenvalue weighted by Gasteiger charge is 2.29. The Morgan fingerprint density at radius 1 is 0.500 bits per heavy atom. The van der Waals surface area contributed by atoms with Crippen molar-refractivity contribution in [3.8, 4) is 5.75 Å². The number of aromatic nitrogens is 6. The summed E-state index contributed by atoms with van der Waals surface area (Å²) >= 11 is 15.6. The van der Waals surface area contributed by atoms with Crippen LogP contribution in [-0.4, -0.2) is 146 Å². The number of nitrogens with zero attached hydrogens (tertiary/aromatic N) is 12. The van der Waals surface area contributed by atoms with Crippen LogP contribution < -0.4 is 26.2 Å². The Hall–Kier alpha value is -7.56. The van der Waals surface area contributed by atoms with E-state index in [0.29, 0.717) is 59.6 Å². The number of aliphatic hydroxyl groups is 2. The van der Waals surface area contributed by atoms with Crippen LogP contribution >= 0.6 is 46.7 Å². The Morgan fingerprint density at radius 3 is 1.29 bits per heavy atom. The molecular weight excluding hydrogens is 1290 g/mol. The summed E-state index contributed by atoms with van der Waals surface area (Å²) in [6.45, 7) is 0.583. The minimum atomic E-state index is -5.53. The SMILES string of the molecule is Nc1c(/N=N/c2cc(Nc3nc(Cl)nc(N(CCSCCO)c4ccccc4)n3)ccc2S(=O)(=O)O)c(S(=O)(=O)O)cc2cc(S(=O)(=O)O)c(/N=N/c3cc(Nc4nc(Cl)nc(N(CCSCCO)c5ccccc5)n4)ccc3S(=O)(=O)O)c(O)c12. The van der Waals surface area contributed by atoms with Crippen LogP contribution in [0.2, 0.25) is 10.6 Å². The van der Waals surface area contributed by atoms with E-state index in [9.17, 15) is 67.2 Å². The maximum Gasteiger partial charge on any atom is 0.296 e. The maximum absolute atomic E-state index is 13.0. The van der Waals surface area contributed by atoms with Crippen LogP contribution in [0.5, 0.6) is 5.75 Å². The van der Waals surface area contributed by atoms with Gasteiger partial charge in [-0.05, 0) is 101 Å². The van der Waals surface area contributed by atoms with E-state index in [4.69, 9.17) is 28.9 Å². The number of anilines is 9. The topological polar surface area (TPSA) is 462 Å². The number of para-hydroxylation sites is 2. The lowest BCUT2D eigenvalue weighted by atomic mass is 10.1. The van der Waals surface area contributed by atoms with E-state index in [1.807, 2.05) is 0 Å². The lowest BCUT2D eigenvalue weighted by molar-refractivity contribution is 0.322. The smallest absolute Gasteiger partial charge is 0.296 e. The summed E-state index contributed by atoms with van der Waals surface area (Å²) in [7, 11) is -21.4. The fourth-order valence-corrected chi connectivity index (χ4v) is 12.1. The Kier molecular flexibility index (Phi) is 20.6. The van der Waals surface area contributed by atoms with Crippen molar-refractivity contribution >= 4 is 173 Å². The summed E-state index contributed by atoms with van der Waals surface area (Å²) in [5.41, 5.74) is 3.01. The van der Waals surface area contributed by atoms with E-state index in [-0.39, 0.29) is 58.9 Å². The molecular formula is C48H45Cl2N15O15S6. The van der Waals surface area contributed by atoms with Crippen LogP contribution in [-0.2, 0) is 40.5 Å². The van der Waals surface area contributed by atoms with Crippen LogP contribution in [0.4, 0.5) is 75.0 Å². The van der Waals surface area contributed by atoms with Gasteiger partial charge in [-0.15, -0.1) is 20.5 Å². The van der Waals surface area contributed by atoms with Crippen molar-refractivity contribution in [2.24, 2.45) is 20.5 Å². The quantitative estimate of drug-likeness (QED) is 0.0105. The number of phenols is 1. The van der Waals surface area contributed by atoms with Crippen molar-refractivity contribution in [3.05, 3.63) is 120 Å². The summed E-state index contributed by atoms with van der Waals surface area (Å²) in [4.78, 5) is 24.7. The minimum Gasteiger partial charge on any atom is -0.505 e. The van der Waals surface area contributed by atoms with Gasteiger partial charge in [-0.25, -0.2) is 0 Å². The molecule has 0 aliphatic carbocycles. The Labute approximate surface area is 507 Å². The summed E-state index contributed by atoms with van der Waals surface area (Å²) in [5.74, 6) is 0.375. The van der Waals surface area contributed by atoms with E-state index in [2.05, 4.69) is 61.0 Å². The zero-order valence-corrected chi connectivity index (χ0v) is 50.0. The molecule has 0 unspecified atom stereocenters. The third-order valence-corrected chi connectivity index (χ3v) is 17.3. The van der Waals surface area contributed by atoms with Gasteiger partial charge in [0.15, 0.2) is 5.75 Å². The Morgan fingerprint density at radius 2 is 0.895 bits per heavy atom. The first kappa shape index (κ1) is 64.4. The summed E-state index contributed by atoms with van der Waals surface area (Å²) in [5, 5.41) is 49.3. The highest BCUT2D eigenvalue weighted by Crippen LogP contribution is 2.49. The van der Waals surface area contributed by atoms with Crippen LogP contribution in [0.25, 0.3) is 10.8 Å². The fraction of sp³-hybridized carbons (Fsp3) is 0.167. The van der Waals surface area contributed by atoms with Crippen LogP contribution in [0.1, 0.15) is 0 Å². The van der Waals surface area contributed by atoms with Crippen molar-refractivity contribution in [3.63, 3.8) is 0 Å². The molecule has 0 atom stereocenters. The van der Waals surface area contributed by atoms with Crippen molar-refractivity contribution in [1.82, 2.24) is 29.9 Å². The first-order valence-corrected chi connectivity index (χ1v) is 33.1. The molecule has 2 aromatic heterocycles. The molecule has 30 nitrogen and oxygen atoms in total. The van der Waals surface area contributed by atoms with Gasteiger partial charge in [-0.1, -0.05) is 36.4 Å². The molecule has 0 radical (unpaired) electrons. The second kappa shape index (κ2) is 27.4. The molecule has 452 valence electrons. The molecule has 0 bridgehead atoms. The number of nitrogen functional groups attached to an aromatic ring is 1. The molecule has 11 N–H and O–H groups in total. The number of halogens is 2. The van der Waals surface area contributed by atoms with Gasteiger partial charge in [-0.2, -0.15) is 87.1 Å². The van der Waals surface area contributed by atoms with Gasteiger partial charge < -0.3 is 41.5 Å². The fourth-order valence-electron chi connectivity index (χ4n) is 7.94. The first-order chi connectivity index (χ1) is 40.7. The molecule has 8 aromatic rings. The van der Waals surface area contributed by atoms with Crippen LogP contribution in [0.3, 0.4) is 0 Å². The average molecular weight is 1340 g/mol. The monoisotopic (exact) mass is 1330 g/mol. The van der Waals surface area contributed by atoms with Crippen molar-refractivity contribution in [2.75, 3.05) is 75.5 Å². The number of azo groups is 2. The molecule has 86 heavy (non-hydrogen) atoms. The second-order valence-electron chi connectivity index (χ2n) is 17.3. The van der Waals surface area contributed by atoms with Gasteiger partial charge in [0, 0.05) is 58.9 Å². The first-order valence-electron chi connectivity index (χ1n) is 24.3. The third kappa shape index (κ3) is 16.1. The lowest BCUT2D eigenvalue weighted by Gasteiger charge is -2.23. The van der Waals surface area contributed by atoms with Gasteiger partial charge in [0.2, 0.25) is 34.4 Å². The van der Waals surface area contributed by atoms with E-state index in [1.54, 1.807) is 70.5 Å². The number of rotatable bonds is 26. The summed E-state index contributed by atoms with van der Waals surface area (Å²) in [6.07, 6.45) is 0. The number of aromatic hydroxyl groups is 1. The van der Waals surface area contributed by atoms with Crippen molar-refractivity contribution in [2.45, 2.75) is 19.6 Å². The van der Waals surface area contributed by atoms with Gasteiger partial charge in [0.05, 0.1) is 24.3 Å². The number of fused-ring (bicyclic) bond motifs is 1. The zero-order chi connectivity index (χ0) is 62.1. The van der Waals surface area contributed by atoms with Crippen LogP contribution in [0.15, 0.2) is 149 Å². The molecule has 0 aliphatic rings. The van der Waals surface area contributed by atoms with Gasteiger partial charge >= 0.3 is 0 Å². The molecule has 0 saturated heterocycles. The number of aliphatic hydroxyl groups excluding tert-OH is 2. The maximum atomic E-state index is 13.0. The molecule has 0 spiro atoms. The van der Waals surface area contributed by atoms with E-state index < -0.39 is 105 Å². The van der Waals surface area contributed by atoms with E-state index in [0.717, 1.165) is 36.4 Å². The number of hydrogen-bond acceptors (Lipinski definition) is 28. The predicted molar refractivity (Wildman–Crippen MR) is 322 cm³/mol. The molecule has 0 fully saturated rings. The Balaban J connectivity index is 1.19. The third-order valence-electron chi connectivity index (χ3n) is 11.6. The van der Waals surface area contributed by atoms with Gasteiger partial charge in [0.25, 0.3) is 40.5 Å². The van der Waals surface area contributed by atoms with Crippen LogP contribution in [0, 0.1) is 0 Å². The normalized spacial score (nSPS) is 12.3. The minimum absolute atomic E-state index is 0.0473. The highest BCUT2D eigenvalue weighted by molar-refractivity contribution is 7.99. The molecule has 8 rings (SSSR count). The summed E-state index contributed by atoms with van der Waals surface area (Å²) in [6, 6.07) is 24.9. The average Bonchev–Trinajstić information content (AvgIpc) is 0.953. The van der Waals surface area contributed by atoms with E-state index in [1.165, 1.54) is 23.5 Å². The second-order valence-corrected chi connectivity index (χ2v) is 26.0. The largest absolute Gasteiger partial charge is 0.505 e. The number of hydrogen-bond donors (Lipinski definition) is 10. The standard InChI is InChI=1S/C48H45Cl2N15O15S6/c49-43-54-45(58-47(56-43)64(15-19-81-21-17-66)30-7-3-1-4-8-30)52-28-11-13-34(83(69,70)71)32(25-28)60-62-40-36(85(75,76)77)23-27-24-37(86(78,79)80)41(42(68)38(27)39(40)51)63-61-33-26-29(12-14-35(33)84(72,73)74)53-46-55-44(50)57-48(59-46)65(16-20-82-22-18-67)31-9-5-2-6-10-31/h1-14,23-26,66-68H,15-22,51H2,(H,69,70,71)(H,72,73,74)(H,75,76,77)(H,78,79,80)(H,52,54,56,58)(H,53,55,57,59)/b62-60+,63-61+. The number of nitrogens with one attached hydrogen (secondary N) is 2. The molecule has 6 aromatic carbocycles. The summed E-state index contributed by atoms with van der Waals surface area (Å²) < 4.78 is 144. The number of phenolic OH excluding ortho intramolecular Hbond substituents is 1. The zero-order valence-electron chi connectivity index (χ0n) is 43.6. The molecule has 2 heterocycles. The number of thioether (sulfide) groups is 2. The predicted octanol–water partition coefficient (Wildman–Crippen LogP) is 8.84. The van der Waals surface area contributed by atoms with E-state index >= 15 is 0 Å².